The number of carbonyl (C=O) groups excluding carboxylic acids is 1. The van der Waals surface area contributed by atoms with Crippen molar-refractivity contribution in [3.05, 3.63) is 47.1 Å². The summed E-state index contributed by atoms with van der Waals surface area (Å²) in [7, 11) is 0. The van der Waals surface area contributed by atoms with Gasteiger partial charge in [0.25, 0.3) is 0 Å². The van der Waals surface area contributed by atoms with E-state index in [2.05, 4.69) is 56.9 Å². The number of fused-ring (bicyclic) bond motifs is 1. The minimum absolute atomic E-state index is 0.210. The number of hydrogen-bond donors (Lipinski definition) is 2. The first-order valence-electron chi connectivity index (χ1n) is 8.77. The van der Waals surface area contributed by atoms with Crippen LogP contribution < -0.4 is 10.6 Å². The first-order valence-corrected chi connectivity index (χ1v) is 8.77. The monoisotopic (exact) mass is 343 g/mol. The quantitative estimate of drug-likeness (QED) is 0.838. The van der Waals surface area contributed by atoms with Crippen molar-refractivity contribution in [2.75, 3.05) is 13.1 Å². The van der Waals surface area contributed by atoms with E-state index in [1.54, 1.807) is 6.92 Å². The largest absolute Gasteiger partial charge is 0.340 e. The molecule has 2 N–H and O–H groups in total. The number of hydrogen-bond acceptors (Lipinski definition) is 5. The molecule has 3 rings (SSSR count). The number of rotatable bonds is 6. The average Bonchev–Trinajstić information content (AvgIpc) is 3.05. The molecule has 0 bridgehead atoms. The molecule has 7 heteroatoms. The molecule has 7 nitrogen and oxygen atoms in total. The van der Waals surface area contributed by atoms with Crippen LogP contribution in [0.3, 0.4) is 0 Å². The van der Waals surface area contributed by atoms with Gasteiger partial charge in [-0.05, 0) is 24.0 Å². The fourth-order valence-electron chi connectivity index (χ4n) is 3.21. The molecule has 1 aromatic carbocycles. The lowest BCUT2D eigenvalue weighted by molar-refractivity contribution is 0.169. The molecule has 2 heterocycles. The van der Waals surface area contributed by atoms with Crippen molar-refractivity contribution in [3.63, 3.8) is 0 Å². The zero-order chi connectivity index (χ0) is 17.6. The van der Waals surface area contributed by atoms with Crippen LogP contribution in [0.25, 0.3) is 0 Å². The van der Waals surface area contributed by atoms with Crippen LogP contribution in [-0.2, 0) is 19.5 Å². The molecule has 134 valence electrons. The van der Waals surface area contributed by atoms with Crippen LogP contribution in [0.1, 0.15) is 36.2 Å². The minimum atomic E-state index is -0.210. The van der Waals surface area contributed by atoms with Gasteiger partial charge in [-0.2, -0.15) is 4.98 Å². The second-order valence-electron chi connectivity index (χ2n) is 6.34. The molecule has 0 saturated carbocycles. The second-order valence-corrected chi connectivity index (χ2v) is 6.34. The van der Waals surface area contributed by atoms with Crippen molar-refractivity contribution >= 4 is 6.03 Å². The summed E-state index contributed by atoms with van der Waals surface area (Å²) in [5.74, 6) is 0.973. The predicted molar refractivity (Wildman–Crippen MR) is 93.9 cm³/mol. The summed E-state index contributed by atoms with van der Waals surface area (Å²) < 4.78 is 4.88. The predicted octanol–water partition coefficient (Wildman–Crippen LogP) is 2.01. The molecule has 0 spiro atoms. The Morgan fingerprint density at radius 3 is 2.84 bits per heavy atom. The Hall–Kier alpha value is -2.41. The Kier molecular flexibility index (Phi) is 5.65. The Bertz CT molecular complexity index is 715. The number of benzene rings is 1. The fraction of sp³-hybridized carbons (Fsp3) is 0.500. The highest BCUT2D eigenvalue weighted by molar-refractivity contribution is 5.73. The smallest absolute Gasteiger partial charge is 0.315 e. The zero-order valence-corrected chi connectivity index (χ0v) is 14.8. The molecular weight excluding hydrogens is 318 g/mol. The Morgan fingerprint density at radius 2 is 2.12 bits per heavy atom. The van der Waals surface area contributed by atoms with E-state index in [4.69, 9.17) is 4.52 Å². The van der Waals surface area contributed by atoms with E-state index in [0.29, 0.717) is 24.3 Å². The summed E-state index contributed by atoms with van der Waals surface area (Å²) in [5.41, 5.74) is 2.83. The first-order chi connectivity index (χ1) is 12.2. The SMILES string of the molecule is CCC(CNC(=O)NCc1noc(C)n1)N1CCc2ccccc2C1. The molecule has 0 aliphatic carbocycles. The number of aromatic nitrogens is 2. The molecule has 1 aliphatic rings. The molecule has 0 radical (unpaired) electrons. The standard InChI is InChI=1S/C18H25N5O2/c1-3-16(23-9-8-14-6-4-5-7-15(14)12-23)10-19-18(24)20-11-17-21-13(2)25-22-17/h4-7,16H,3,8-12H2,1-2H3,(H2,19,20,24). The van der Waals surface area contributed by atoms with E-state index in [1.165, 1.54) is 11.1 Å². The van der Waals surface area contributed by atoms with Crippen LogP contribution in [0.2, 0.25) is 0 Å². The lowest BCUT2D eigenvalue weighted by atomic mass is 9.98. The normalized spacial score (nSPS) is 15.4. The van der Waals surface area contributed by atoms with E-state index in [9.17, 15) is 4.79 Å². The highest BCUT2D eigenvalue weighted by Gasteiger charge is 2.22. The zero-order valence-electron chi connectivity index (χ0n) is 14.8. The number of carbonyl (C=O) groups is 1. The van der Waals surface area contributed by atoms with Crippen LogP contribution in [0.5, 0.6) is 0 Å². The van der Waals surface area contributed by atoms with Gasteiger partial charge in [0.05, 0.1) is 6.54 Å². The van der Waals surface area contributed by atoms with Crippen LogP contribution in [0.4, 0.5) is 4.79 Å². The van der Waals surface area contributed by atoms with Crippen molar-refractivity contribution < 1.29 is 9.32 Å². The Balaban J connectivity index is 1.47. The number of nitrogens with zero attached hydrogens (tertiary/aromatic N) is 3. The van der Waals surface area contributed by atoms with Gasteiger partial charge in [0.2, 0.25) is 5.89 Å². The summed E-state index contributed by atoms with van der Waals surface area (Å²) in [5, 5.41) is 9.47. The molecule has 1 aromatic heterocycles. The van der Waals surface area contributed by atoms with E-state index in [1.807, 2.05) is 0 Å². The van der Waals surface area contributed by atoms with E-state index >= 15 is 0 Å². The molecule has 0 fully saturated rings. The van der Waals surface area contributed by atoms with Crippen LogP contribution in [-0.4, -0.2) is 40.2 Å². The van der Waals surface area contributed by atoms with Gasteiger partial charge in [0.1, 0.15) is 0 Å². The molecule has 1 unspecified atom stereocenters. The molecule has 25 heavy (non-hydrogen) atoms. The average molecular weight is 343 g/mol. The maximum absolute atomic E-state index is 12.0. The van der Waals surface area contributed by atoms with Gasteiger partial charge in [-0.15, -0.1) is 0 Å². The van der Waals surface area contributed by atoms with Crippen molar-refractivity contribution in [3.8, 4) is 0 Å². The summed E-state index contributed by atoms with van der Waals surface area (Å²) in [4.78, 5) is 18.5. The molecule has 0 saturated heterocycles. The molecule has 1 aliphatic heterocycles. The maximum Gasteiger partial charge on any atom is 0.315 e. The van der Waals surface area contributed by atoms with Gasteiger partial charge in [0, 0.05) is 32.6 Å². The van der Waals surface area contributed by atoms with Gasteiger partial charge >= 0.3 is 6.03 Å². The maximum atomic E-state index is 12.0. The van der Waals surface area contributed by atoms with Gasteiger partial charge in [0.15, 0.2) is 5.82 Å². The summed E-state index contributed by atoms with van der Waals surface area (Å²) in [6.45, 7) is 6.74. The van der Waals surface area contributed by atoms with Gasteiger partial charge in [-0.25, -0.2) is 4.79 Å². The Labute approximate surface area is 147 Å². The number of urea groups is 1. The van der Waals surface area contributed by atoms with Crippen LogP contribution >= 0.6 is 0 Å². The minimum Gasteiger partial charge on any atom is -0.340 e. The number of aryl methyl sites for hydroxylation is 1. The summed E-state index contributed by atoms with van der Waals surface area (Å²) in [6, 6.07) is 8.71. The molecule has 2 aromatic rings. The second kappa shape index (κ2) is 8.11. The van der Waals surface area contributed by atoms with Crippen LogP contribution in [0.15, 0.2) is 28.8 Å². The van der Waals surface area contributed by atoms with Gasteiger partial charge < -0.3 is 15.2 Å². The lowest BCUT2D eigenvalue weighted by Gasteiger charge is -2.35. The third kappa shape index (κ3) is 4.57. The third-order valence-corrected chi connectivity index (χ3v) is 4.62. The molecule has 1 atom stereocenters. The van der Waals surface area contributed by atoms with Crippen molar-refractivity contribution in [1.29, 1.82) is 0 Å². The van der Waals surface area contributed by atoms with E-state index in [-0.39, 0.29) is 12.6 Å². The summed E-state index contributed by atoms with van der Waals surface area (Å²) in [6.07, 6.45) is 2.06. The van der Waals surface area contributed by atoms with E-state index < -0.39 is 0 Å². The molecule has 2 amide bonds. The lowest BCUT2D eigenvalue weighted by Crippen LogP contribution is -2.47. The fourth-order valence-corrected chi connectivity index (χ4v) is 3.21. The topological polar surface area (TPSA) is 83.3 Å². The third-order valence-electron chi connectivity index (χ3n) is 4.62. The Morgan fingerprint density at radius 1 is 1.32 bits per heavy atom. The van der Waals surface area contributed by atoms with Gasteiger partial charge in [-0.1, -0.05) is 36.3 Å². The highest BCUT2D eigenvalue weighted by Crippen LogP contribution is 2.21. The van der Waals surface area contributed by atoms with Gasteiger partial charge in [-0.3, -0.25) is 4.90 Å². The first kappa shape index (κ1) is 17.4. The number of amides is 2. The van der Waals surface area contributed by atoms with Crippen molar-refractivity contribution in [2.45, 2.75) is 45.8 Å². The van der Waals surface area contributed by atoms with Crippen molar-refractivity contribution in [1.82, 2.24) is 25.7 Å². The summed E-state index contributed by atoms with van der Waals surface area (Å²) >= 11 is 0. The van der Waals surface area contributed by atoms with Crippen LogP contribution in [0, 0.1) is 6.92 Å². The van der Waals surface area contributed by atoms with E-state index in [0.717, 1.165) is 25.9 Å². The highest BCUT2D eigenvalue weighted by atomic mass is 16.5. The number of nitrogens with one attached hydrogen (secondary N) is 2. The molecular formula is C18H25N5O2. The van der Waals surface area contributed by atoms with Crippen molar-refractivity contribution in [2.24, 2.45) is 0 Å².